The van der Waals surface area contributed by atoms with Crippen LogP contribution in [-0.2, 0) is 11.2 Å². The van der Waals surface area contributed by atoms with E-state index in [0.29, 0.717) is 6.42 Å². The number of rotatable bonds is 4. The molecule has 0 radical (unpaired) electrons. The maximum atomic E-state index is 11.5. The van der Waals surface area contributed by atoms with Crippen LogP contribution >= 0.6 is 0 Å². The lowest BCUT2D eigenvalue weighted by atomic mass is 9.82. The standard InChI is InChI=1S/C19H20O2/c1-3-14(19(20)21)12(2)15-9-6-10-17-16-8-5-4-7-13(16)11-18(15)17/h4-10,12,14H,3,11H2,1-2H3,(H,20,21). The molecule has 0 amide bonds. The molecule has 2 aromatic rings. The van der Waals surface area contributed by atoms with Crippen LogP contribution in [0, 0.1) is 5.92 Å². The largest absolute Gasteiger partial charge is 0.481 e. The molecule has 1 N–H and O–H groups in total. The minimum Gasteiger partial charge on any atom is -0.481 e. The van der Waals surface area contributed by atoms with Crippen molar-refractivity contribution in [3.63, 3.8) is 0 Å². The van der Waals surface area contributed by atoms with E-state index in [0.717, 1.165) is 6.42 Å². The molecule has 2 nitrogen and oxygen atoms in total. The number of fused-ring (bicyclic) bond motifs is 3. The van der Waals surface area contributed by atoms with Crippen LogP contribution in [0.5, 0.6) is 0 Å². The number of carbonyl (C=O) groups is 1. The van der Waals surface area contributed by atoms with Gasteiger partial charge in [0.05, 0.1) is 5.92 Å². The Morgan fingerprint density at radius 1 is 1.14 bits per heavy atom. The number of hydrogen-bond acceptors (Lipinski definition) is 1. The second kappa shape index (κ2) is 5.36. The smallest absolute Gasteiger partial charge is 0.307 e. The summed E-state index contributed by atoms with van der Waals surface area (Å²) in [7, 11) is 0. The Labute approximate surface area is 125 Å². The Hall–Kier alpha value is -2.09. The van der Waals surface area contributed by atoms with E-state index in [2.05, 4.69) is 42.5 Å². The van der Waals surface area contributed by atoms with Crippen LogP contribution in [0.2, 0.25) is 0 Å². The van der Waals surface area contributed by atoms with Crippen molar-refractivity contribution in [2.24, 2.45) is 5.92 Å². The van der Waals surface area contributed by atoms with E-state index >= 15 is 0 Å². The SMILES string of the molecule is CCC(C(=O)O)C(C)c1cccc2c1Cc1ccccc1-2. The molecule has 0 aliphatic heterocycles. The number of benzene rings is 2. The molecule has 108 valence electrons. The lowest BCUT2D eigenvalue weighted by molar-refractivity contribution is -0.142. The molecule has 2 aromatic carbocycles. The Kier molecular flexibility index (Phi) is 3.54. The third-order valence-corrected chi connectivity index (χ3v) is 4.74. The summed E-state index contributed by atoms with van der Waals surface area (Å²) < 4.78 is 0. The maximum absolute atomic E-state index is 11.5. The minimum absolute atomic E-state index is 0.0387. The Balaban J connectivity index is 2.06. The van der Waals surface area contributed by atoms with E-state index in [4.69, 9.17) is 0 Å². The van der Waals surface area contributed by atoms with Crippen molar-refractivity contribution in [2.45, 2.75) is 32.6 Å². The molecule has 1 aliphatic carbocycles. The lowest BCUT2D eigenvalue weighted by Gasteiger charge is -2.21. The van der Waals surface area contributed by atoms with Crippen molar-refractivity contribution in [3.8, 4) is 11.1 Å². The van der Waals surface area contributed by atoms with Gasteiger partial charge in [0.15, 0.2) is 0 Å². The predicted octanol–water partition coefficient (Wildman–Crippen LogP) is 4.47. The Morgan fingerprint density at radius 3 is 2.57 bits per heavy atom. The molecule has 3 rings (SSSR count). The molecular formula is C19H20O2. The van der Waals surface area contributed by atoms with Crippen LogP contribution < -0.4 is 0 Å². The molecule has 0 bridgehead atoms. The van der Waals surface area contributed by atoms with E-state index in [-0.39, 0.29) is 11.8 Å². The lowest BCUT2D eigenvalue weighted by Crippen LogP contribution is -2.20. The molecule has 0 heterocycles. The second-order valence-corrected chi connectivity index (χ2v) is 5.85. The van der Waals surface area contributed by atoms with E-state index in [1.165, 1.54) is 27.8 Å². The Morgan fingerprint density at radius 2 is 1.86 bits per heavy atom. The summed E-state index contributed by atoms with van der Waals surface area (Å²) in [6.45, 7) is 3.99. The molecule has 0 saturated heterocycles. The molecule has 0 fully saturated rings. The van der Waals surface area contributed by atoms with Crippen LogP contribution in [0.3, 0.4) is 0 Å². The van der Waals surface area contributed by atoms with Crippen LogP contribution in [0.1, 0.15) is 42.9 Å². The summed E-state index contributed by atoms with van der Waals surface area (Å²) in [4.78, 5) is 11.5. The van der Waals surface area contributed by atoms with Gasteiger partial charge in [0, 0.05) is 0 Å². The molecule has 0 aromatic heterocycles. The quantitative estimate of drug-likeness (QED) is 0.765. The second-order valence-electron chi connectivity index (χ2n) is 5.85. The molecule has 0 saturated carbocycles. The number of carboxylic acid groups (broad SMARTS) is 1. The summed E-state index contributed by atoms with van der Waals surface area (Å²) in [6.07, 6.45) is 1.58. The third-order valence-electron chi connectivity index (χ3n) is 4.74. The molecule has 1 aliphatic rings. The molecule has 0 spiro atoms. The summed E-state index contributed by atoms with van der Waals surface area (Å²) >= 11 is 0. The molecular weight excluding hydrogens is 260 g/mol. The fourth-order valence-corrected chi connectivity index (χ4v) is 3.57. The number of carboxylic acids is 1. The fourth-order valence-electron chi connectivity index (χ4n) is 3.57. The topological polar surface area (TPSA) is 37.3 Å². The third kappa shape index (κ3) is 2.25. The minimum atomic E-state index is -0.696. The first-order chi connectivity index (χ1) is 10.1. The van der Waals surface area contributed by atoms with Crippen molar-refractivity contribution >= 4 is 5.97 Å². The van der Waals surface area contributed by atoms with Gasteiger partial charge in [-0.2, -0.15) is 0 Å². The molecule has 21 heavy (non-hydrogen) atoms. The zero-order chi connectivity index (χ0) is 15.0. The van der Waals surface area contributed by atoms with Crippen molar-refractivity contribution in [1.29, 1.82) is 0 Å². The van der Waals surface area contributed by atoms with Crippen LogP contribution in [0.4, 0.5) is 0 Å². The predicted molar refractivity (Wildman–Crippen MR) is 84.5 cm³/mol. The highest BCUT2D eigenvalue weighted by molar-refractivity contribution is 5.79. The van der Waals surface area contributed by atoms with Gasteiger partial charge in [-0.25, -0.2) is 0 Å². The van der Waals surface area contributed by atoms with Crippen LogP contribution in [-0.4, -0.2) is 11.1 Å². The number of aliphatic carboxylic acids is 1. The van der Waals surface area contributed by atoms with Gasteiger partial charge in [0.1, 0.15) is 0 Å². The van der Waals surface area contributed by atoms with Gasteiger partial charge in [0.25, 0.3) is 0 Å². The van der Waals surface area contributed by atoms with Crippen molar-refractivity contribution in [1.82, 2.24) is 0 Å². The zero-order valence-corrected chi connectivity index (χ0v) is 12.5. The van der Waals surface area contributed by atoms with Crippen molar-refractivity contribution in [2.75, 3.05) is 0 Å². The van der Waals surface area contributed by atoms with Gasteiger partial charge in [-0.15, -0.1) is 0 Å². The van der Waals surface area contributed by atoms with E-state index in [9.17, 15) is 9.90 Å². The van der Waals surface area contributed by atoms with Gasteiger partial charge < -0.3 is 5.11 Å². The first-order valence-corrected chi connectivity index (χ1v) is 7.56. The zero-order valence-electron chi connectivity index (χ0n) is 12.5. The van der Waals surface area contributed by atoms with E-state index in [1.54, 1.807) is 0 Å². The monoisotopic (exact) mass is 280 g/mol. The van der Waals surface area contributed by atoms with Crippen LogP contribution in [0.25, 0.3) is 11.1 Å². The maximum Gasteiger partial charge on any atom is 0.307 e. The van der Waals surface area contributed by atoms with Gasteiger partial charge in [0.2, 0.25) is 0 Å². The molecule has 2 heteroatoms. The van der Waals surface area contributed by atoms with E-state index in [1.807, 2.05) is 13.8 Å². The summed E-state index contributed by atoms with van der Waals surface area (Å²) in [6, 6.07) is 14.8. The number of hydrogen-bond donors (Lipinski definition) is 1. The normalized spacial score (nSPS) is 15.1. The molecule has 2 unspecified atom stereocenters. The summed E-state index contributed by atoms with van der Waals surface area (Å²) in [5, 5.41) is 9.43. The van der Waals surface area contributed by atoms with Gasteiger partial charge in [-0.05, 0) is 46.6 Å². The van der Waals surface area contributed by atoms with Crippen molar-refractivity contribution in [3.05, 3.63) is 59.2 Å². The first-order valence-electron chi connectivity index (χ1n) is 7.56. The van der Waals surface area contributed by atoms with Crippen molar-refractivity contribution < 1.29 is 9.90 Å². The highest BCUT2D eigenvalue weighted by Gasteiger charge is 2.29. The fraction of sp³-hybridized carbons (Fsp3) is 0.316. The average molecular weight is 280 g/mol. The molecule has 2 atom stereocenters. The summed E-state index contributed by atoms with van der Waals surface area (Å²) in [5.74, 6) is -0.977. The van der Waals surface area contributed by atoms with E-state index < -0.39 is 5.97 Å². The highest BCUT2D eigenvalue weighted by Crippen LogP contribution is 2.41. The average Bonchev–Trinajstić information content (AvgIpc) is 2.86. The first kappa shape index (κ1) is 13.9. The van der Waals surface area contributed by atoms with Gasteiger partial charge in [-0.3, -0.25) is 4.79 Å². The van der Waals surface area contributed by atoms with Gasteiger partial charge >= 0.3 is 5.97 Å². The summed E-state index contributed by atoms with van der Waals surface area (Å²) in [5.41, 5.74) is 6.42. The Bertz CT molecular complexity index is 688. The highest BCUT2D eigenvalue weighted by atomic mass is 16.4. The van der Waals surface area contributed by atoms with Gasteiger partial charge in [-0.1, -0.05) is 56.3 Å². The van der Waals surface area contributed by atoms with Crippen LogP contribution in [0.15, 0.2) is 42.5 Å².